The minimum absolute atomic E-state index is 0.106. The smallest absolute Gasteiger partial charge is 0.248 e. The highest BCUT2D eigenvalue weighted by atomic mass is 32.2. The van der Waals surface area contributed by atoms with Crippen LogP contribution in [0.25, 0.3) is 6.08 Å². The fourth-order valence-electron chi connectivity index (χ4n) is 1.68. The Bertz CT molecular complexity index is 796. The van der Waals surface area contributed by atoms with E-state index in [0.717, 1.165) is 4.88 Å². The maximum Gasteiger partial charge on any atom is 0.248 e. The molecule has 1 amide bonds. The first-order valence-electron chi connectivity index (χ1n) is 6.13. The average molecular weight is 338 g/mol. The Kier molecular flexibility index (Phi) is 4.96. The summed E-state index contributed by atoms with van der Waals surface area (Å²) in [5.74, 6) is -0.0662. The van der Waals surface area contributed by atoms with Crippen LogP contribution in [-0.2, 0) is 14.8 Å². The number of nitrogens with two attached hydrogens (primary N) is 1. The van der Waals surface area contributed by atoms with Gasteiger partial charge in [-0.1, -0.05) is 6.07 Å². The summed E-state index contributed by atoms with van der Waals surface area (Å²) in [6, 6.07) is 7.74. The molecule has 2 rings (SSSR count). The van der Waals surface area contributed by atoms with E-state index >= 15 is 0 Å². The number of sulfonamides is 1. The first-order valence-corrected chi connectivity index (χ1v) is 8.56. The molecule has 22 heavy (non-hydrogen) atoms. The summed E-state index contributed by atoms with van der Waals surface area (Å²) in [6.07, 6.45) is 3.02. The number of primary sulfonamides is 1. The molecule has 0 fully saturated rings. The fourth-order valence-corrected chi connectivity index (χ4v) is 2.84. The lowest BCUT2D eigenvalue weighted by molar-refractivity contribution is -0.111. The van der Waals surface area contributed by atoms with Crippen LogP contribution in [0.4, 0.5) is 5.69 Å². The molecule has 3 N–H and O–H groups in total. The Morgan fingerprint density at radius 2 is 2.14 bits per heavy atom. The summed E-state index contributed by atoms with van der Waals surface area (Å²) in [5, 5.41) is 9.55. The third-order valence-corrected chi connectivity index (χ3v) is 4.45. The van der Waals surface area contributed by atoms with Crippen molar-refractivity contribution < 1.29 is 17.9 Å². The first kappa shape index (κ1) is 16.2. The Balaban J connectivity index is 2.22. The van der Waals surface area contributed by atoms with Crippen LogP contribution in [0, 0.1) is 0 Å². The molecule has 0 unspecified atom stereocenters. The number of thiophene rings is 1. The van der Waals surface area contributed by atoms with Crippen molar-refractivity contribution in [2.45, 2.75) is 4.90 Å². The van der Waals surface area contributed by atoms with E-state index in [1.54, 1.807) is 6.08 Å². The van der Waals surface area contributed by atoms with Gasteiger partial charge in [0.2, 0.25) is 15.9 Å². The summed E-state index contributed by atoms with van der Waals surface area (Å²) in [6.45, 7) is 0. The molecule has 6 nitrogen and oxygen atoms in total. The van der Waals surface area contributed by atoms with Gasteiger partial charge in [-0.3, -0.25) is 4.79 Å². The van der Waals surface area contributed by atoms with Crippen molar-refractivity contribution in [2.24, 2.45) is 5.14 Å². The second-order valence-corrected chi connectivity index (χ2v) is 6.79. The minimum atomic E-state index is -3.86. The summed E-state index contributed by atoms with van der Waals surface area (Å²) in [7, 11) is -2.44. The zero-order chi connectivity index (χ0) is 16.2. The monoisotopic (exact) mass is 338 g/mol. The molecule has 0 saturated heterocycles. The number of hydrogen-bond acceptors (Lipinski definition) is 5. The van der Waals surface area contributed by atoms with Crippen LogP contribution < -0.4 is 15.2 Å². The van der Waals surface area contributed by atoms with Crippen molar-refractivity contribution in [3.05, 3.63) is 46.7 Å². The molecule has 0 radical (unpaired) electrons. The first-order chi connectivity index (χ1) is 10.4. The molecule has 0 aliphatic carbocycles. The van der Waals surface area contributed by atoms with Crippen molar-refractivity contribution in [3.8, 4) is 5.75 Å². The fraction of sp³-hybridized carbons (Fsp3) is 0.0714. The van der Waals surface area contributed by atoms with Crippen LogP contribution >= 0.6 is 11.3 Å². The predicted molar refractivity (Wildman–Crippen MR) is 86.3 cm³/mol. The van der Waals surface area contributed by atoms with E-state index in [1.807, 2.05) is 17.5 Å². The normalized spacial score (nSPS) is 11.5. The van der Waals surface area contributed by atoms with Gasteiger partial charge in [-0.15, -0.1) is 11.3 Å². The van der Waals surface area contributed by atoms with Gasteiger partial charge in [0.1, 0.15) is 5.75 Å². The molecule has 0 atom stereocenters. The Labute approximate surface area is 132 Å². The SMILES string of the molecule is COc1ccc(S(N)(=O)=O)cc1NC(=O)/C=C/c1cccs1. The largest absolute Gasteiger partial charge is 0.495 e. The number of carbonyl (C=O) groups excluding carboxylic acids is 1. The van der Waals surface area contributed by atoms with Crippen LogP contribution in [0.3, 0.4) is 0 Å². The molecule has 1 aromatic carbocycles. The molecule has 0 aliphatic heterocycles. The highest BCUT2D eigenvalue weighted by Crippen LogP contribution is 2.27. The van der Waals surface area contributed by atoms with Gasteiger partial charge in [0.25, 0.3) is 0 Å². The van der Waals surface area contributed by atoms with Crippen molar-refractivity contribution in [1.29, 1.82) is 0 Å². The molecule has 1 heterocycles. The Hall–Kier alpha value is -2.16. The second kappa shape index (κ2) is 6.73. The van der Waals surface area contributed by atoms with E-state index in [9.17, 15) is 13.2 Å². The molecule has 2 aromatic rings. The van der Waals surface area contributed by atoms with Crippen LogP contribution in [0.15, 0.2) is 46.7 Å². The van der Waals surface area contributed by atoms with Gasteiger partial charge in [-0.2, -0.15) is 0 Å². The lowest BCUT2D eigenvalue weighted by Crippen LogP contribution is -2.14. The third-order valence-electron chi connectivity index (χ3n) is 2.70. The van der Waals surface area contributed by atoms with Gasteiger partial charge in [0.15, 0.2) is 0 Å². The van der Waals surface area contributed by atoms with Crippen LogP contribution in [0.5, 0.6) is 5.75 Å². The van der Waals surface area contributed by atoms with Gasteiger partial charge in [0, 0.05) is 11.0 Å². The van der Waals surface area contributed by atoms with Gasteiger partial charge < -0.3 is 10.1 Å². The minimum Gasteiger partial charge on any atom is -0.495 e. The topological polar surface area (TPSA) is 98.5 Å². The molecule has 0 aliphatic rings. The van der Waals surface area contributed by atoms with E-state index in [4.69, 9.17) is 9.88 Å². The zero-order valence-corrected chi connectivity index (χ0v) is 13.3. The van der Waals surface area contributed by atoms with Crippen molar-refractivity contribution in [1.82, 2.24) is 0 Å². The second-order valence-electron chi connectivity index (χ2n) is 4.25. The molecular formula is C14H14N2O4S2. The van der Waals surface area contributed by atoms with Crippen LogP contribution in [-0.4, -0.2) is 21.4 Å². The highest BCUT2D eigenvalue weighted by Gasteiger charge is 2.13. The van der Waals surface area contributed by atoms with Crippen molar-refractivity contribution in [2.75, 3.05) is 12.4 Å². The van der Waals surface area contributed by atoms with Gasteiger partial charge in [-0.05, 0) is 35.7 Å². The number of methoxy groups -OCH3 is 1. The third kappa shape index (κ3) is 4.17. The number of anilines is 1. The van der Waals surface area contributed by atoms with Crippen LogP contribution in [0.2, 0.25) is 0 Å². The molecule has 0 spiro atoms. The lowest BCUT2D eigenvalue weighted by atomic mass is 10.3. The zero-order valence-electron chi connectivity index (χ0n) is 11.6. The molecule has 1 aromatic heterocycles. The highest BCUT2D eigenvalue weighted by molar-refractivity contribution is 7.89. The number of benzene rings is 1. The van der Waals surface area contributed by atoms with Gasteiger partial charge in [0.05, 0.1) is 17.7 Å². The Morgan fingerprint density at radius 1 is 1.36 bits per heavy atom. The van der Waals surface area contributed by atoms with Gasteiger partial charge >= 0.3 is 0 Å². The maximum absolute atomic E-state index is 11.9. The maximum atomic E-state index is 11.9. The van der Waals surface area contributed by atoms with E-state index < -0.39 is 15.9 Å². The molecule has 116 valence electrons. The van der Waals surface area contributed by atoms with E-state index in [1.165, 1.54) is 42.7 Å². The number of hydrogen-bond donors (Lipinski definition) is 2. The average Bonchev–Trinajstić information content (AvgIpc) is 2.97. The predicted octanol–water partition coefficient (Wildman–Crippen LogP) is 2.06. The number of ether oxygens (including phenoxy) is 1. The number of amides is 1. The van der Waals surface area contributed by atoms with Crippen molar-refractivity contribution >= 4 is 39.0 Å². The standard InChI is InChI=1S/C14H14N2O4S2/c1-20-13-6-5-11(22(15,18)19)9-12(13)16-14(17)7-4-10-3-2-8-21-10/h2-9H,1H3,(H,16,17)(H2,15,18,19)/b7-4+. The molecule has 0 saturated carbocycles. The van der Waals surface area contributed by atoms with E-state index in [0.29, 0.717) is 5.75 Å². The summed E-state index contributed by atoms with van der Waals surface area (Å²) in [5.41, 5.74) is 0.231. The Morgan fingerprint density at radius 3 is 2.73 bits per heavy atom. The number of carbonyl (C=O) groups is 1. The van der Waals surface area contributed by atoms with E-state index in [2.05, 4.69) is 5.32 Å². The lowest BCUT2D eigenvalue weighted by Gasteiger charge is -2.10. The molecule has 8 heteroatoms. The van der Waals surface area contributed by atoms with Crippen molar-refractivity contribution in [3.63, 3.8) is 0 Å². The van der Waals surface area contributed by atoms with Crippen LogP contribution in [0.1, 0.15) is 4.88 Å². The molecular weight excluding hydrogens is 324 g/mol. The van der Waals surface area contributed by atoms with Gasteiger partial charge in [-0.25, -0.2) is 13.6 Å². The molecule has 0 bridgehead atoms. The number of rotatable bonds is 5. The quantitative estimate of drug-likeness (QED) is 0.815. The van der Waals surface area contributed by atoms with E-state index in [-0.39, 0.29) is 10.6 Å². The summed E-state index contributed by atoms with van der Waals surface area (Å²) < 4.78 is 27.8. The summed E-state index contributed by atoms with van der Waals surface area (Å²) in [4.78, 5) is 12.7. The summed E-state index contributed by atoms with van der Waals surface area (Å²) >= 11 is 1.50. The number of nitrogens with one attached hydrogen (secondary N) is 1.